The van der Waals surface area contributed by atoms with Gasteiger partial charge < -0.3 is 10.3 Å². The van der Waals surface area contributed by atoms with Gasteiger partial charge in [-0.1, -0.05) is 44.2 Å². The van der Waals surface area contributed by atoms with Gasteiger partial charge in [-0.25, -0.2) is 0 Å². The van der Waals surface area contributed by atoms with Crippen LogP contribution in [0.25, 0.3) is 16.6 Å². The SMILES string of the molecule is CCN(CC)Cc1ccc(-n2c(C(N)=O)cc3ccccc32)cc1. The van der Waals surface area contributed by atoms with Crippen molar-refractivity contribution in [2.75, 3.05) is 13.1 Å². The van der Waals surface area contributed by atoms with E-state index in [4.69, 9.17) is 5.73 Å². The molecular formula is C20H23N3O. The minimum absolute atomic E-state index is 0.418. The standard InChI is InChI=1S/C20H23N3O/c1-3-22(4-2)14-15-9-11-17(12-10-15)23-18-8-6-5-7-16(18)13-19(23)20(21)24/h5-13H,3-4,14H2,1-2H3,(H2,21,24). The van der Waals surface area contributed by atoms with Gasteiger partial charge in [0.15, 0.2) is 0 Å². The van der Waals surface area contributed by atoms with E-state index in [-0.39, 0.29) is 0 Å². The molecule has 1 aromatic heterocycles. The largest absolute Gasteiger partial charge is 0.364 e. The van der Waals surface area contributed by atoms with Gasteiger partial charge in [-0.2, -0.15) is 0 Å². The summed E-state index contributed by atoms with van der Waals surface area (Å²) >= 11 is 0. The van der Waals surface area contributed by atoms with Gasteiger partial charge in [0.25, 0.3) is 5.91 Å². The highest BCUT2D eigenvalue weighted by Crippen LogP contribution is 2.24. The number of hydrogen-bond acceptors (Lipinski definition) is 2. The molecule has 0 saturated heterocycles. The van der Waals surface area contributed by atoms with Crippen LogP contribution in [0.15, 0.2) is 54.6 Å². The summed E-state index contributed by atoms with van der Waals surface area (Å²) in [5, 5.41) is 1.01. The number of carbonyl (C=O) groups excluding carboxylic acids is 1. The van der Waals surface area contributed by atoms with E-state index in [9.17, 15) is 4.79 Å². The molecule has 0 spiro atoms. The summed E-state index contributed by atoms with van der Waals surface area (Å²) in [4.78, 5) is 14.2. The van der Waals surface area contributed by atoms with Gasteiger partial charge in [-0.3, -0.25) is 9.69 Å². The maximum absolute atomic E-state index is 11.8. The second kappa shape index (κ2) is 6.89. The van der Waals surface area contributed by atoms with Crippen LogP contribution in [0.5, 0.6) is 0 Å². The van der Waals surface area contributed by atoms with E-state index >= 15 is 0 Å². The Bertz CT molecular complexity index is 845. The minimum atomic E-state index is -0.418. The van der Waals surface area contributed by atoms with Gasteiger partial charge in [0.2, 0.25) is 0 Å². The van der Waals surface area contributed by atoms with Crippen molar-refractivity contribution in [2.45, 2.75) is 20.4 Å². The minimum Gasteiger partial charge on any atom is -0.364 e. The first kappa shape index (κ1) is 16.3. The van der Waals surface area contributed by atoms with Crippen molar-refractivity contribution >= 4 is 16.8 Å². The average Bonchev–Trinajstić information content (AvgIpc) is 3.00. The number of nitrogens with two attached hydrogens (primary N) is 1. The molecule has 2 aromatic carbocycles. The van der Waals surface area contributed by atoms with Crippen LogP contribution < -0.4 is 5.73 Å². The van der Waals surface area contributed by atoms with E-state index in [2.05, 4.69) is 43.0 Å². The Morgan fingerprint density at radius 1 is 1.04 bits per heavy atom. The molecule has 0 aliphatic heterocycles. The Morgan fingerprint density at radius 3 is 2.33 bits per heavy atom. The number of primary amides is 1. The van der Waals surface area contributed by atoms with Crippen LogP contribution in [0.4, 0.5) is 0 Å². The fourth-order valence-electron chi connectivity index (χ4n) is 3.07. The van der Waals surface area contributed by atoms with Crippen molar-refractivity contribution in [3.8, 4) is 5.69 Å². The molecule has 0 aliphatic carbocycles. The van der Waals surface area contributed by atoms with E-state index in [1.54, 1.807) is 0 Å². The zero-order chi connectivity index (χ0) is 17.1. The van der Waals surface area contributed by atoms with Crippen molar-refractivity contribution in [3.63, 3.8) is 0 Å². The molecule has 124 valence electrons. The highest BCUT2D eigenvalue weighted by molar-refractivity contribution is 5.99. The highest BCUT2D eigenvalue weighted by Gasteiger charge is 2.14. The number of aromatic nitrogens is 1. The average molecular weight is 321 g/mol. The molecule has 0 unspecified atom stereocenters. The van der Waals surface area contributed by atoms with Gasteiger partial charge in [0, 0.05) is 17.6 Å². The molecule has 0 atom stereocenters. The third-order valence-electron chi connectivity index (χ3n) is 4.46. The molecule has 24 heavy (non-hydrogen) atoms. The molecule has 2 N–H and O–H groups in total. The Morgan fingerprint density at radius 2 is 1.71 bits per heavy atom. The first-order valence-electron chi connectivity index (χ1n) is 8.36. The number of para-hydroxylation sites is 1. The number of rotatable bonds is 6. The smallest absolute Gasteiger partial charge is 0.265 e. The molecule has 4 nitrogen and oxygen atoms in total. The number of carbonyl (C=O) groups is 1. The van der Waals surface area contributed by atoms with Gasteiger partial charge in [0.05, 0.1) is 5.52 Å². The van der Waals surface area contributed by atoms with Crippen molar-refractivity contribution in [3.05, 3.63) is 65.9 Å². The van der Waals surface area contributed by atoms with Crippen LogP contribution in [0.3, 0.4) is 0 Å². The molecule has 4 heteroatoms. The molecule has 0 fully saturated rings. The molecule has 0 saturated carbocycles. The third-order valence-corrected chi connectivity index (χ3v) is 4.46. The summed E-state index contributed by atoms with van der Waals surface area (Å²) in [5.74, 6) is -0.418. The molecule has 3 aromatic rings. The maximum Gasteiger partial charge on any atom is 0.265 e. The second-order valence-electron chi connectivity index (χ2n) is 5.92. The lowest BCUT2D eigenvalue weighted by atomic mass is 10.2. The Kier molecular flexibility index (Phi) is 4.67. The van der Waals surface area contributed by atoms with Crippen molar-refractivity contribution in [1.29, 1.82) is 0 Å². The van der Waals surface area contributed by atoms with Crippen LogP contribution in [-0.2, 0) is 6.54 Å². The summed E-state index contributed by atoms with van der Waals surface area (Å²) in [5.41, 5.74) is 9.29. The van der Waals surface area contributed by atoms with Gasteiger partial charge in [-0.15, -0.1) is 0 Å². The maximum atomic E-state index is 11.8. The molecule has 3 rings (SSSR count). The Labute approximate surface area is 142 Å². The zero-order valence-corrected chi connectivity index (χ0v) is 14.2. The normalized spacial score (nSPS) is 11.3. The zero-order valence-electron chi connectivity index (χ0n) is 14.2. The second-order valence-corrected chi connectivity index (χ2v) is 5.92. The molecule has 0 radical (unpaired) electrons. The van der Waals surface area contributed by atoms with Crippen LogP contribution in [0, 0.1) is 0 Å². The van der Waals surface area contributed by atoms with E-state index < -0.39 is 5.91 Å². The van der Waals surface area contributed by atoms with Gasteiger partial charge in [-0.05, 0) is 42.9 Å². The predicted octanol–water partition coefficient (Wildman–Crippen LogP) is 3.57. The van der Waals surface area contributed by atoms with E-state index in [0.29, 0.717) is 5.69 Å². The highest BCUT2D eigenvalue weighted by atomic mass is 16.1. The number of hydrogen-bond donors (Lipinski definition) is 1. The lowest BCUT2D eigenvalue weighted by molar-refractivity contribution is 0.0994. The molecule has 0 bridgehead atoms. The number of nitrogens with zero attached hydrogens (tertiary/aromatic N) is 2. The molecule has 0 aliphatic rings. The number of amides is 1. The van der Waals surface area contributed by atoms with Crippen molar-refractivity contribution < 1.29 is 4.79 Å². The van der Waals surface area contributed by atoms with Crippen LogP contribution in [0.2, 0.25) is 0 Å². The fraction of sp³-hybridized carbons (Fsp3) is 0.250. The Hall–Kier alpha value is -2.59. The van der Waals surface area contributed by atoms with Crippen molar-refractivity contribution in [1.82, 2.24) is 9.47 Å². The monoisotopic (exact) mass is 321 g/mol. The topological polar surface area (TPSA) is 51.3 Å². The Balaban J connectivity index is 2.01. The lowest BCUT2D eigenvalue weighted by Crippen LogP contribution is -2.22. The van der Waals surface area contributed by atoms with Crippen LogP contribution in [-0.4, -0.2) is 28.5 Å². The molecule has 1 amide bonds. The fourth-order valence-corrected chi connectivity index (χ4v) is 3.07. The van der Waals surface area contributed by atoms with E-state index in [0.717, 1.165) is 36.2 Å². The predicted molar refractivity (Wildman–Crippen MR) is 98.4 cm³/mol. The third kappa shape index (κ3) is 3.05. The first-order valence-corrected chi connectivity index (χ1v) is 8.36. The van der Waals surface area contributed by atoms with E-state index in [1.165, 1.54) is 5.56 Å². The summed E-state index contributed by atoms with van der Waals surface area (Å²) in [6.07, 6.45) is 0. The first-order chi connectivity index (χ1) is 11.6. The lowest BCUT2D eigenvalue weighted by Gasteiger charge is -2.18. The number of fused-ring (bicyclic) bond motifs is 1. The number of benzene rings is 2. The van der Waals surface area contributed by atoms with Crippen LogP contribution in [0.1, 0.15) is 29.9 Å². The molecule has 1 heterocycles. The molecular weight excluding hydrogens is 298 g/mol. The summed E-state index contributed by atoms with van der Waals surface area (Å²) in [6.45, 7) is 7.34. The van der Waals surface area contributed by atoms with Crippen molar-refractivity contribution in [2.24, 2.45) is 5.73 Å². The van der Waals surface area contributed by atoms with Crippen LogP contribution >= 0.6 is 0 Å². The summed E-state index contributed by atoms with van der Waals surface area (Å²) < 4.78 is 1.93. The van der Waals surface area contributed by atoms with Gasteiger partial charge in [0.1, 0.15) is 5.69 Å². The van der Waals surface area contributed by atoms with E-state index in [1.807, 2.05) is 34.9 Å². The van der Waals surface area contributed by atoms with Gasteiger partial charge >= 0.3 is 0 Å². The quantitative estimate of drug-likeness (QED) is 0.754. The summed E-state index contributed by atoms with van der Waals surface area (Å²) in [7, 11) is 0. The summed E-state index contributed by atoms with van der Waals surface area (Å²) in [6, 6.07) is 18.1.